The molecule has 31 heavy (non-hydrogen) atoms. The van der Waals surface area contributed by atoms with E-state index in [9.17, 15) is 9.59 Å². The minimum Gasteiger partial charge on any atom is -0.463 e. The Labute approximate surface area is 185 Å². The molecule has 0 bridgehead atoms. The third-order valence-corrected chi connectivity index (χ3v) is 5.93. The average Bonchev–Trinajstić information content (AvgIpc) is 3.17. The molecule has 0 fully saturated rings. The normalized spacial score (nSPS) is 17.2. The van der Waals surface area contributed by atoms with Gasteiger partial charge in [-0.15, -0.1) is 0 Å². The summed E-state index contributed by atoms with van der Waals surface area (Å²) in [6.45, 7) is 0. The minimum atomic E-state index is -0.598. The molecule has 2 aliphatic heterocycles. The minimum absolute atomic E-state index is 0.0246. The van der Waals surface area contributed by atoms with Crippen LogP contribution in [0.2, 0.25) is 5.02 Å². The number of fused-ring (bicyclic) bond motifs is 2. The second kappa shape index (κ2) is 7.64. The number of thioether (sulfide) groups is 1. The molecule has 0 atom stereocenters. The second-order valence-electron chi connectivity index (χ2n) is 6.83. The van der Waals surface area contributed by atoms with Crippen molar-refractivity contribution in [2.45, 2.75) is 6.42 Å². The first-order chi connectivity index (χ1) is 15.0. The first kappa shape index (κ1) is 19.5. The number of nitrogens with one attached hydrogen (secondary N) is 1. The van der Waals surface area contributed by atoms with Gasteiger partial charge in [-0.05, 0) is 47.7 Å². The highest BCUT2D eigenvalue weighted by Crippen LogP contribution is 2.29. The Morgan fingerprint density at radius 1 is 1.13 bits per heavy atom. The molecule has 152 valence electrons. The van der Waals surface area contributed by atoms with Crippen molar-refractivity contribution in [1.29, 1.82) is 5.41 Å². The zero-order valence-electron chi connectivity index (χ0n) is 15.8. The van der Waals surface area contributed by atoms with Gasteiger partial charge < -0.3 is 4.42 Å². The molecule has 0 aliphatic carbocycles. The molecule has 1 N–H and O–H groups in total. The average molecular weight is 449 g/mol. The molecule has 1 amide bonds. The summed E-state index contributed by atoms with van der Waals surface area (Å²) in [5.74, 6) is -0.736. The molecule has 2 aromatic carbocycles. The van der Waals surface area contributed by atoms with Gasteiger partial charge in [0.1, 0.15) is 16.9 Å². The molecule has 3 aromatic rings. The van der Waals surface area contributed by atoms with Gasteiger partial charge in [0, 0.05) is 11.4 Å². The van der Waals surface area contributed by atoms with E-state index in [0.29, 0.717) is 32.6 Å². The van der Waals surface area contributed by atoms with Crippen LogP contribution >= 0.6 is 23.4 Å². The fraction of sp³-hybridized carbons (Fsp3) is 0.0455. The molecule has 0 unspecified atom stereocenters. The molecule has 0 spiro atoms. The number of carbonyl (C=O) groups excluding carboxylic acids is 1. The number of benzene rings is 2. The molecule has 7 nitrogen and oxygen atoms in total. The molecule has 0 saturated heterocycles. The van der Waals surface area contributed by atoms with Crippen LogP contribution in [-0.4, -0.2) is 27.0 Å². The van der Waals surface area contributed by atoms with Crippen molar-refractivity contribution in [2.24, 2.45) is 10.1 Å². The summed E-state index contributed by atoms with van der Waals surface area (Å²) in [6.07, 6.45) is 3.14. The van der Waals surface area contributed by atoms with E-state index in [1.807, 2.05) is 12.1 Å². The van der Waals surface area contributed by atoms with Gasteiger partial charge in [0.05, 0.1) is 16.5 Å². The van der Waals surface area contributed by atoms with Crippen molar-refractivity contribution in [3.05, 3.63) is 86.7 Å². The van der Waals surface area contributed by atoms with Crippen molar-refractivity contribution in [3.63, 3.8) is 0 Å². The standard InChI is InChI=1S/C22H13ClN4O3S/c23-14-7-5-12(6-8-14)9-18-26-27-20(24)16(21(29)25-22(27)31-18)10-13-11-30-17-4-2-1-3-15(17)19(13)28/h1-8,10-11,24H,9H2/b16-10-,24-20?. The lowest BCUT2D eigenvalue weighted by molar-refractivity contribution is -0.114. The Balaban J connectivity index is 1.47. The van der Waals surface area contributed by atoms with Crippen LogP contribution in [0.3, 0.4) is 0 Å². The lowest BCUT2D eigenvalue weighted by Gasteiger charge is -2.20. The van der Waals surface area contributed by atoms with E-state index in [0.717, 1.165) is 5.56 Å². The predicted octanol–water partition coefficient (Wildman–Crippen LogP) is 4.31. The smallest absolute Gasteiger partial charge is 0.283 e. The zero-order chi connectivity index (χ0) is 21.5. The number of hydrogen-bond acceptors (Lipinski definition) is 6. The highest BCUT2D eigenvalue weighted by Gasteiger charge is 2.35. The van der Waals surface area contributed by atoms with Gasteiger partial charge in [-0.1, -0.05) is 35.9 Å². The molecular weight excluding hydrogens is 436 g/mol. The zero-order valence-corrected chi connectivity index (χ0v) is 17.4. The predicted molar refractivity (Wildman–Crippen MR) is 123 cm³/mol. The molecule has 1 aromatic heterocycles. The van der Waals surface area contributed by atoms with Crippen molar-refractivity contribution >= 4 is 62.4 Å². The topological polar surface area (TPSA) is 99.1 Å². The summed E-state index contributed by atoms with van der Waals surface area (Å²) in [5, 5.41) is 16.3. The van der Waals surface area contributed by atoms with E-state index < -0.39 is 5.91 Å². The van der Waals surface area contributed by atoms with Crippen LogP contribution in [0.25, 0.3) is 17.0 Å². The number of rotatable bonds is 3. The van der Waals surface area contributed by atoms with Gasteiger partial charge in [-0.25, -0.2) is 0 Å². The number of halogens is 1. The van der Waals surface area contributed by atoms with Gasteiger partial charge in [0.25, 0.3) is 5.91 Å². The summed E-state index contributed by atoms with van der Waals surface area (Å²) in [4.78, 5) is 29.4. The quantitative estimate of drug-likeness (QED) is 0.602. The van der Waals surface area contributed by atoms with Crippen LogP contribution in [0.15, 0.2) is 79.7 Å². The molecule has 5 rings (SSSR count). The Kier molecular flexibility index (Phi) is 4.80. The number of hydrogen-bond donors (Lipinski definition) is 1. The van der Waals surface area contributed by atoms with E-state index in [2.05, 4.69) is 10.1 Å². The summed E-state index contributed by atoms with van der Waals surface area (Å²) in [5.41, 5.74) is 1.31. The maximum atomic E-state index is 12.7. The number of nitrogens with zero attached hydrogens (tertiary/aromatic N) is 3. The second-order valence-corrected chi connectivity index (χ2v) is 8.31. The van der Waals surface area contributed by atoms with E-state index in [-0.39, 0.29) is 22.4 Å². The molecule has 2 aliphatic rings. The SMILES string of the molecule is N=C1/C(=C/c2coc3ccccc3c2=O)C(=O)N=C2SC(Cc3ccc(Cl)cc3)=NN12. The van der Waals surface area contributed by atoms with Gasteiger partial charge in [0.15, 0.2) is 11.3 Å². The van der Waals surface area contributed by atoms with Gasteiger partial charge in [0.2, 0.25) is 5.17 Å². The largest absolute Gasteiger partial charge is 0.463 e. The summed E-state index contributed by atoms with van der Waals surface area (Å²) < 4.78 is 5.50. The highest BCUT2D eigenvalue weighted by atomic mass is 35.5. The molecule has 3 heterocycles. The van der Waals surface area contributed by atoms with E-state index >= 15 is 0 Å². The third-order valence-electron chi connectivity index (χ3n) is 4.77. The Morgan fingerprint density at radius 2 is 1.90 bits per heavy atom. The maximum absolute atomic E-state index is 12.7. The van der Waals surface area contributed by atoms with E-state index in [1.54, 1.807) is 36.4 Å². The van der Waals surface area contributed by atoms with Crippen LogP contribution in [0.5, 0.6) is 0 Å². The first-order valence-corrected chi connectivity index (χ1v) is 10.4. The third kappa shape index (κ3) is 3.60. The first-order valence-electron chi connectivity index (χ1n) is 9.24. The van der Waals surface area contributed by atoms with E-state index in [4.69, 9.17) is 21.4 Å². The molecule has 9 heteroatoms. The van der Waals surface area contributed by atoms with Gasteiger partial charge in [-0.3, -0.25) is 15.0 Å². The van der Waals surface area contributed by atoms with Crippen molar-refractivity contribution in [2.75, 3.05) is 0 Å². The van der Waals surface area contributed by atoms with Crippen LogP contribution in [0.4, 0.5) is 0 Å². The summed E-state index contributed by atoms with van der Waals surface area (Å²) >= 11 is 7.16. The van der Waals surface area contributed by atoms with E-state index in [1.165, 1.54) is 29.1 Å². The number of aliphatic imine (C=N–C) groups is 1. The number of amidine groups is 2. The molecular formula is C22H13ClN4O3S. The molecule has 0 saturated carbocycles. The monoisotopic (exact) mass is 448 g/mol. The number of hydrazone groups is 1. The lowest BCUT2D eigenvalue weighted by atomic mass is 10.1. The highest BCUT2D eigenvalue weighted by molar-refractivity contribution is 8.26. The number of carbonyl (C=O) groups is 1. The van der Waals surface area contributed by atoms with Crippen LogP contribution in [0.1, 0.15) is 11.1 Å². The van der Waals surface area contributed by atoms with Crippen LogP contribution in [-0.2, 0) is 11.2 Å². The van der Waals surface area contributed by atoms with Crippen molar-refractivity contribution < 1.29 is 9.21 Å². The number of para-hydroxylation sites is 1. The van der Waals surface area contributed by atoms with Gasteiger partial charge in [-0.2, -0.15) is 15.1 Å². The summed E-state index contributed by atoms with van der Waals surface area (Å²) in [6, 6.07) is 14.2. The Morgan fingerprint density at radius 3 is 2.71 bits per heavy atom. The Hall–Kier alpha value is -3.49. The summed E-state index contributed by atoms with van der Waals surface area (Å²) in [7, 11) is 0. The lowest BCUT2D eigenvalue weighted by Crippen LogP contribution is -2.35. The fourth-order valence-electron chi connectivity index (χ4n) is 3.23. The maximum Gasteiger partial charge on any atom is 0.283 e. The van der Waals surface area contributed by atoms with Crippen molar-refractivity contribution in [3.8, 4) is 0 Å². The molecule has 0 radical (unpaired) electrons. The fourth-order valence-corrected chi connectivity index (χ4v) is 4.27. The Bertz CT molecular complexity index is 1410. The number of amides is 1. The van der Waals surface area contributed by atoms with Crippen LogP contribution < -0.4 is 5.43 Å². The van der Waals surface area contributed by atoms with Crippen LogP contribution in [0, 0.1) is 5.41 Å². The van der Waals surface area contributed by atoms with Gasteiger partial charge >= 0.3 is 0 Å². The van der Waals surface area contributed by atoms with Crippen molar-refractivity contribution in [1.82, 2.24) is 5.01 Å².